The van der Waals surface area contributed by atoms with Crippen LogP contribution in [-0.4, -0.2) is 52.9 Å². The smallest absolute Gasteiger partial charge is 0.332 e. The van der Waals surface area contributed by atoms with Crippen molar-refractivity contribution in [2.24, 2.45) is 5.41 Å². The maximum Gasteiger partial charge on any atom is 0.332 e. The summed E-state index contributed by atoms with van der Waals surface area (Å²) in [6, 6.07) is -0.216. The lowest BCUT2D eigenvalue weighted by Crippen LogP contribution is -2.44. The zero-order valence-corrected chi connectivity index (χ0v) is 12.3. The summed E-state index contributed by atoms with van der Waals surface area (Å²) < 4.78 is 0. The first-order valence-electron chi connectivity index (χ1n) is 6.85. The molecule has 114 valence electrons. The highest BCUT2D eigenvalue weighted by molar-refractivity contribution is 5.75. The molecule has 0 saturated heterocycles. The Morgan fingerprint density at radius 2 is 2.10 bits per heavy atom. The van der Waals surface area contributed by atoms with E-state index in [1.807, 2.05) is 0 Å². The van der Waals surface area contributed by atoms with E-state index in [1.54, 1.807) is 4.90 Å². The third kappa shape index (κ3) is 4.85. The van der Waals surface area contributed by atoms with E-state index in [1.165, 1.54) is 5.57 Å². The molecule has 0 spiro atoms. The number of carbonyl (C=O) groups is 2. The lowest BCUT2D eigenvalue weighted by molar-refractivity contribution is -0.146. The van der Waals surface area contributed by atoms with Gasteiger partial charge in [-0.2, -0.15) is 0 Å². The second-order valence-electron chi connectivity index (χ2n) is 6.05. The number of hydrogen-bond acceptors (Lipinski definition) is 3. The van der Waals surface area contributed by atoms with Gasteiger partial charge >= 0.3 is 12.0 Å². The minimum atomic E-state index is -1.43. The number of nitrogens with zero attached hydrogens (tertiary/aromatic N) is 1. The average Bonchev–Trinajstić information content (AvgIpc) is 2.37. The van der Waals surface area contributed by atoms with Crippen molar-refractivity contribution < 1.29 is 19.8 Å². The van der Waals surface area contributed by atoms with E-state index in [4.69, 9.17) is 10.2 Å². The van der Waals surface area contributed by atoms with Gasteiger partial charge in [0.1, 0.15) is 0 Å². The molecule has 0 bridgehead atoms. The highest BCUT2D eigenvalue weighted by Crippen LogP contribution is 2.29. The van der Waals surface area contributed by atoms with Gasteiger partial charge in [-0.05, 0) is 11.8 Å². The molecule has 2 amide bonds. The lowest BCUT2D eigenvalue weighted by atomic mass is 9.83. The van der Waals surface area contributed by atoms with Crippen molar-refractivity contribution in [3.8, 4) is 0 Å². The number of aliphatic carboxylic acids is 1. The fourth-order valence-corrected chi connectivity index (χ4v) is 2.09. The van der Waals surface area contributed by atoms with Crippen LogP contribution in [0.3, 0.4) is 0 Å². The first-order valence-corrected chi connectivity index (χ1v) is 6.85. The number of amides is 2. The summed E-state index contributed by atoms with van der Waals surface area (Å²) in [7, 11) is 0. The molecule has 1 rings (SSSR count). The zero-order chi connectivity index (χ0) is 15.3. The number of rotatable bonds is 4. The summed E-state index contributed by atoms with van der Waals surface area (Å²) in [6.45, 7) is 7.85. The molecule has 0 fully saturated rings. The van der Waals surface area contributed by atoms with E-state index >= 15 is 0 Å². The van der Waals surface area contributed by atoms with Crippen LogP contribution in [0, 0.1) is 5.41 Å². The summed E-state index contributed by atoms with van der Waals surface area (Å²) in [5, 5.41) is 20.2. The zero-order valence-electron chi connectivity index (χ0n) is 12.3. The second kappa shape index (κ2) is 6.74. The van der Waals surface area contributed by atoms with Crippen LogP contribution in [0.25, 0.3) is 0 Å². The first kappa shape index (κ1) is 16.5. The van der Waals surface area contributed by atoms with Gasteiger partial charge in [-0.1, -0.05) is 32.4 Å². The number of carboxylic acids is 1. The van der Waals surface area contributed by atoms with Crippen LogP contribution < -0.4 is 5.32 Å². The predicted molar refractivity (Wildman–Crippen MR) is 75.4 cm³/mol. The van der Waals surface area contributed by atoms with E-state index in [-0.39, 0.29) is 24.4 Å². The Hall–Kier alpha value is -1.56. The summed E-state index contributed by atoms with van der Waals surface area (Å²) in [5.41, 5.74) is 1.48. The minimum absolute atomic E-state index is 0.0119. The number of aliphatic hydroxyl groups is 1. The molecule has 0 unspecified atom stereocenters. The molecular weight excluding hydrogens is 260 g/mol. The van der Waals surface area contributed by atoms with Crippen LogP contribution >= 0.6 is 0 Å². The van der Waals surface area contributed by atoms with Gasteiger partial charge in [-0.15, -0.1) is 0 Å². The molecule has 0 radical (unpaired) electrons. The van der Waals surface area contributed by atoms with Gasteiger partial charge in [0.05, 0.1) is 0 Å². The number of carboxylic acid groups (broad SMARTS) is 1. The Morgan fingerprint density at radius 3 is 2.55 bits per heavy atom. The number of hydrogen-bond donors (Lipinski definition) is 3. The third-order valence-corrected chi connectivity index (χ3v) is 3.44. The first-order chi connectivity index (χ1) is 9.21. The van der Waals surface area contributed by atoms with E-state index < -0.39 is 12.1 Å². The molecule has 1 atom stereocenters. The van der Waals surface area contributed by atoms with E-state index in [0.717, 1.165) is 6.42 Å². The maximum atomic E-state index is 11.9. The van der Waals surface area contributed by atoms with Crippen molar-refractivity contribution in [2.75, 3.05) is 19.6 Å². The molecule has 0 aromatic heterocycles. The van der Waals surface area contributed by atoms with E-state index in [0.29, 0.717) is 13.1 Å². The monoisotopic (exact) mass is 284 g/mol. The number of aliphatic hydroxyl groups excluding tert-OH is 1. The predicted octanol–water partition coefficient (Wildman–Crippen LogP) is 1.21. The molecule has 6 nitrogen and oxygen atoms in total. The Labute approximate surface area is 119 Å². The summed E-state index contributed by atoms with van der Waals surface area (Å²) in [5.74, 6) is -1.27. The molecule has 0 aromatic carbocycles. The summed E-state index contributed by atoms with van der Waals surface area (Å²) in [6.07, 6.45) is 1.52. The Kier molecular flexibility index (Phi) is 5.56. The van der Waals surface area contributed by atoms with E-state index in [9.17, 15) is 9.59 Å². The van der Waals surface area contributed by atoms with Gasteiger partial charge in [0.25, 0.3) is 0 Å². The van der Waals surface area contributed by atoms with Gasteiger partial charge in [0.2, 0.25) is 0 Å². The van der Waals surface area contributed by atoms with Crippen LogP contribution in [0.1, 0.15) is 33.6 Å². The molecule has 20 heavy (non-hydrogen) atoms. The summed E-state index contributed by atoms with van der Waals surface area (Å²) >= 11 is 0. The molecule has 1 heterocycles. The number of nitrogens with one attached hydrogen (secondary N) is 1. The standard InChI is InChI=1S/C14H24N2O4/c1-14(2,3)10-5-8-16(9-6-10)13(20)15-7-4-11(17)12(18)19/h5,11,17H,4,6-9H2,1-3H3,(H,15,20)(H,18,19)/t11-/m0/s1. The Morgan fingerprint density at radius 1 is 1.45 bits per heavy atom. The van der Waals surface area contributed by atoms with Gasteiger partial charge in [-0.3, -0.25) is 0 Å². The SMILES string of the molecule is CC(C)(C)C1=CCN(C(=O)NCC[C@H](O)C(=O)O)CC1. The molecular formula is C14H24N2O4. The van der Waals surface area contributed by atoms with Gasteiger partial charge < -0.3 is 20.4 Å². The Bertz CT molecular complexity index is 398. The van der Waals surface area contributed by atoms with Gasteiger partial charge in [0.15, 0.2) is 6.10 Å². The van der Waals surface area contributed by atoms with Gasteiger partial charge in [0, 0.05) is 26.1 Å². The van der Waals surface area contributed by atoms with Crippen molar-refractivity contribution in [1.29, 1.82) is 0 Å². The normalized spacial score (nSPS) is 17.4. The van der Waals surface area contributed by atoms with Gasteiger partial charge in [-0.25, -0.2) is 9.59 Å². The second-order valence-corrected chi connectivity index (χ2v) is 6.05. The minimum Gasteiger partial charge on any atom is -0.479 e. The van der Waals surface area contributed by atoms with Crippen molar-refractivity contribution in [1.82, 2.24) is 10.2 Å². The van der Waals surface area contributed by atoms with Crippen molar-refractivity contribution in [3.63, 3.8) is 0 Å². The van der Waals surface area contributed by atoms with Crippen LogP contribution in [-0.2, 0) is 4.79 Å². The van der Waals surface area contributed by atoms with Crippen LogP contribution in [0.15, 0.2) is 11.6 Å². The van der Waals surface area contributed by atoms with Crippen LogP contribution in [0.4, 0.5) is 4.79 Å². The molecule has 1 aliphatic rings. The molecule has 0 aromatic rings. The molecule has 6 heteroatoms. The molecule has 3 N–H and O–H groups in total. The molecule has 0 saturated carbocycles. The highest BCUT2D eigenvalue weighted by atomic mass is 16.4. The quantitative estimate of drug-likeness (QED) is 0.677. The van der Waals surface area contributed by atoms with Crippen molar-refractivity contribution in [2.45, 2.75) is 39.7 Å². The highest BCUT2D eigenvalue weighted by Gasteiger charge is 2.23. The maximum absolute atomic E-state index is 11.9. The van der Waals surface area contributed by atoms with Crippen LogP contribution in [0.5, 0.6) is 0 Å². The summed E-state index contributed by atoms with van der Waals surface area (Å²) in [4.78, 5) is 24.0. The fourth-order valence-electron chi connectivity index (χ4n) is 2.09. The number of urea groups is 1. The average molecular weight is 284 g/mol. The molecule has 1 aliphatic heterocycles. The van der Waals surface area contributed by atoms with Crippen LogP contribution in [0.2, 0.25) is 0 Å². The van der Waals surface area contributed by atoms with E-state index in [2.05, 4.69) is 32.2 Å². The largest absolute Gasteiger partial charge is 0.479 e. The molecule has 0 aliphatic carbocycles. The Balaban J connectivity index is 2.36. The van der Waals surface area contributed by atoms with Crippen molar-refractivity contribution in [3.05, 3.63) is 11.6 Å². The van der Waals surface area contributed by atoms with Crippen molar-refractivity contribution >= 4 is 12.0 Å². The lowest BCUT2D eigenvalue weighted by Gasteiger charge is -2.32. The third-order valence-electron chi connectivity index (χ3n) is 3.44. The topological polar surface area (TPSA) is 89.9 Å². The fraction of sp³-hybridized carbons (Fsp3) is 0.714. The number of carbonyl (C=O) groups excluding carboxylic acids is 1.